The predicted molar refractivity (Wildman–Crippen MR) is 116 cm³/mol. The topological polar surface area (TPSA) is 69.9 Å². The molecule has 1 unspecified atom stereocenters. The minimum absolute atomic E-state index is 0. The van der Waals surface area contributed by atoms with E-state index in [0.717, 1.165) is 44.6 Å². The van der Waals surface area contributed by atoms with Gasteiger partial charge < -0.3 is 15.5 Å². The summed E-state index contributed by atoms with van der Waals surface area (Å²) >= 11 is 0. The lowest BCUT2D eigenvalue weighted by molar-refractivity contribution is -0.135. The molecule has 0 aromatic heterocycles. The van der Waals surface area contributed by atoms with Crippen molar-refractivity contribution in [2.45, 2.75) is 31.7 Å². The van der Waals surface area contributed by atoms with Crippen LogP contribution in [0, 0.1) is 0 Å². The Kier molecular flexibility index (Phi) is 10.8. The molecular weight excluding hydrogens is 399 g/mol. The number of carbonyl (C=O) groups is 2. The highest BCUT2D eigenvalue weighted by Gasteiger charge is 2.25. The lowest BCUT2D eigenvalue weighted by Crippen LogP contribution is -2.52. The van der Waals surface area contributed by atoms with Crippen LogP contribution in [-0.2, 0) is 9.59 Å². The number of halogens is 2. The first-order chi connectivity index (χ1) is 12.6. The molecular formula is C20H32Cl2N4O2. The van der Waals surface area contributed by atoms with E-state index in [9.17, 15) is 9.59 Å². The van der Waals surface area contributed by atoms with Crippen LogP contribution in [0.2, 0.25) is 0 Å². The summed E-state index contributed by atoms with van der Waals surface area (Å²) in [6.07, 6.45) is 3.80. The van der Waals surface area contributed by atoms with Crippen LogP contribution in [0.3, 0.4) is 0 Å². The number of hydrogen-bond acceptors (Lipinski definition) is 4. The van der Waals surface area contributed by atoms with Gasteiger partial charge in [0.2, 0.25) is 11.8 Å². The summed E-state index contributed by atoms with van der Waals surface area (Å²) in [4.78, 5) is 30.9. The SMILES string of the molecule is Cl.Cl.NC(CC(=O)N1CCN(CC(=O)N2CCCCC2)CC1)c1ccccc1. The van der Waals surface area contributed by atoms with Crippen molar-refractivity contribution in [1.82, 2.24) is 14.7 Å². The molecule has 6 nitrogen and oxygen atoms in total. The molecule has 28 heavy (non-hydrogen) atoms. The van der Waals surface area contributed by atoms with E-state index in [1.54, 1.807) is 0 Å². The normalized spacial score (nSPS) is 18.6. The number of benzene rings is 1. The maximum absolute atomic E-state index is 12.5. The highest BCUT2D eigenvalue weighted by Crippen LogP contribution is 2.16. The van der Waals surface area contributed by atoms with E-state index in [4.69, 9.17) is 5.73 Å². The number of likely N-dealkylation sites (tertiary alicyclic amines) is 1. The van der Waals surface area contributed by atoms with Crippen molar-refractivity contribution in [2.75, 3.05) is 45.8 Å². The molecule has 8 heteroatoms. The number of piperidine rings is 1. The summed E-state index contributed by atoms with van der Waals surface area (Å²) in [5.41, 5.74) is 7.16. The van der Waals surface area contributed by atoms with Gasteiger partial charge in [0.25, 0.3) is 0 Å². The molecule has 2 aliphatic heterocycles. The molecule has 0 spiro atoms. The number of hydrogen-bond donors (Lipinski definition) is 1. The zero-order valence-electron chi connectivity index (χ0n) is 16.3. The number of nitrogens with zero attached hydrogens (tertiary/aromatic N) is 3. The first-order valence-corrected chi connectivity index (χ1v) is 9.72. The molecule has 1 aromatic carbocycles. The first kappa shape index (κ1) is 24.7. The van der Waals surface area contributed by atoms with Crippen molar-refractivity contribution in [3.8, 4) is 0 Å². The van der Waals surface area contributed by atoms with Crippen LogP contribution in [0.1, 0.15) is 37.3 Å². The second-order valence-electron chi connectivity index (χ2n) is 7.32. The average Bonchev–Trinajstić information content (AvgIpc) is 2.69. The summed E-state index contributed by atoms with van der Waals surface area (Å²) in [6, 6.07) is 9.49. The van der Waals surface area contributed by atoms with Crippen LogP contribution in [-0.4, -0.2) is 72.3 Å². The Morgan fingerprint density at radius 3 is 2.00 bits per heavy atom. The first-order valence-electron chi connectivity index (χ1n) is 9.72. The van der Waals surface area contributed by atoms with Crippen molar-refractivity contribution in [3.05, 3.63) is 35.9 Å². The van der Waals surface area contributed by atoms with Crippen molar-refractivity contribution in [1.29, 1.82) is 0 Å². The molecule has 2 amide bonds. The van der Waals surface area contributed by atoms with Crippen molar-refractivity contribution in [3.63, 3.8) is 0 Å². The summed E-state index contributed by atoms with van der Waals surface area (Å²) in [6.45, 7) is 5.13. The second kappa shape index (κ2) is 12.3. The molecule has 2 saturated heterocycles. The summed E-state index contributed by atoms with van der Waals surface area (Å²) < 4.78 is 0. The molecule has 158 valence electrons. The molecule has 0 bridgehead atoms. The average molecular weight is 431 g/mol. The van der Waals surface area contributed by atoms with Gasteiger partial charge in [0.05, 0.1) is 6.54 Å². The Morgan fingerprint density at radius 2 is 1.39 bits per heavy atom. The van der Waals surface area contributed by atoms with E-state index < -0.39 is 0 Å². The number of piperazine rings is 1. The highest BCUT2D eigenvalue weighted by atomic mass is 35.5. The second-order valence-corrected chi connectivity index (χ2v) is 7.32. The molecule has 0 aliphatic carbocycles. The molecule has 0 saturated carbocycles. The van der Waals surface area contributed by atoms with Crippen LogP contribution in [0.15, 0.2) is 30.3 Å². The Morgan fingerprint density at radius 1 is 0.821 bits per heavy atom. The molecule has 1 atom stereocenters. The summed E-state index contributed by atoms with van der Waals surface area (Å²) in [5.74, 6) is 0.332. The largest absolute Gasteiger partial charge is 0.342 e. The maximum atomic E-state index is 12.5. The van der Waals surface area contributed by atoms with Crippen molar-refractivity contribution >= 4 is 36.6 Å². The minimum atomic E-state index is -0.262. The van der Waals surface area contributed by atoms with Crippen molar-refractivity contribution in [2.24, 2.45) is 5.73 Å². The zero-order chi connectivity index (χ0) is 18.4. The van der Waals surface area contributed by atoms with Gasteiger partial charge in [-0.05, 0) is 24.8 Å². The van der Waals surface area contributed by atoms with Gasteiger partial charge in [-0.1, -0.05) is 30.3 Å². The number of nitrogens with two attached hydrogens (primary N) is 1. The monoisotopic (exact) mass is 430 g/mol. The minimum Gasteiger partial charge on any atom is -0.342 e. The molecule has 2 heterocycles. The molecule has 2 N–H and O–H groups in total. The lowest BCUT2D eigenvalue weighted by atomic mass is 10.0. The van der Waals surface area contributed by atoms with E-state index in [0.29, 0.717) is 26.1 Å². The van der Waals surface area contributed by atoms with Gasteiger partial charge >= 0.3 is 0 Å². The zero-order valence-corrected chi connectivity index (χ0v) is 17.9. The smallest absolute Gasteiger partial charge is 0.236 e. The lowest BCUT2D eigenvalue weighted by Gasteiger charge is -2.36. The van der Waals surface area contributed by atoms with Gasteiger partial charge in [0.1, 0.15) is 0 Å². The fraction of sp³-hybridized carbons (Fsp3) is 0.600. The Balaban J connectivity index is 0.00000196. The van der Waals surface area contributed by atoms with E-state index >= 15 is 0 Å². The molecule has 0 radical (unpaired) electrons. The Labute approximate surface area is 180 Å². The number of rotatable bonds is 5. The van der Waals surface area contributed by atoms with Crippen LogP contribution in [0.5, 0.6) is 0 Å². The molecule has 1 aromatic rings. The van der Waals surface area contributed by atoms with Gasteiger partial charge in [-0.3, -0.25) is 14.5 Å². The van der Waals surface area contributed by atoms with Gasteiger partial charge in [0, 0.05) is 51.7 Å². The number of carbonyl (C=O) groups excluding carboxylic acids is 2. The van der Waals surface area contributed by atoms with E-state index in [2.05, 4.69) is 4.90 Å². The predicted octanol–water partition coefficient (Wildman–Crippen LogP) is 2.08. The maximum Gasteiger partial charge on any atom is 0.236 e. The standard InChI is InChI=1S/C20H30N4O2.2ClH/c21-18(17-7-3-1-4-8-17)15-19(25)24-13-11-22(12-14-24)16-20(26)23-9-5-2-6-10-23;;/h1,3-4,7-8,18H,2,5-6,9-16,21H2;2*1H. The third-order valence-corrected chi connectivity index (χ3v) is 5.41. The van der Waals surface area contributed by atoms with Gasteiger partial charge in [-0.25, -0.2) is 0 Å². The van der Waals surface area contributed by atoms with E-state index in [1.165, 1.54) is 6.42 Å². The Bertz CT molecular complexity index is 603. The number of amides is 2. The van der Waals surface area contributed by atoms with E-state index in [-0.39, 0.29) is 42.7 Å². The Hall–Kier alpha value is -1.34. The highest BCUT2D eigenvalue weighted by molar-refractivity contribution is 5.85. The van der Waals surface area contributed by atoms with Gasteiger partial charge in [0.15, 0.2) is 0 Å². The summed E-state index contributed by atoms with van der Waals surface area (Å²) in [5, 5.41) is 0. The van der Waals surface area contributed by atoms with E-state index in [1.807, 2.05) is 40.1 Å². The van der Waals surface area contributed by atoms with Crippen molar-refractivity contribution < 1.29 is 9.59 Å². The summed E-state index contributed by atoms with van der Waals surface area (Å²) in [7, 11) is 0. The fourth-order valence-corrected chi connectivity index (χ4v) is 3.73. The fourth-order valence-electron chi connectivity index (χ4n) is 3.73. The van der Waals surface area contributed by atoms with Gasteiger partial charge in [-0.2, -0.15) is 0 Å². The third-order valence-electron chi connectivity index (χ3n) is 5.41. The van der Waals surface area contributed by atoms with Crippen LogP contribution in [0.4, 0.5) is 0 Å². The van der Waals surface area contributed by atoms with Crippen LogP contribution >= 0.6 is 24.8 Å². The van der Waals surface area contributed by atoms with Gasteiger partial charge in [-0.15, -0.1) is 24.8 Å². The molecule has 2 aliphatic rings. The third kappa shape index (κ3) is 6.92. The van der Waals surface area contributed by atoms with Crippen LogP contribution in [0.25, 0.3) is 0 Å². The molecule has 2 fully saturated rings. The quantitative estimate of drug-likeness (QED) is 0.775. The molecule has 3 rings (SSSR count). The van der Waals surface area contributed by atoms with Crippen LogP contribution < -0.4 is 5.73 Å².